The number of methoxy groups -OCH3 is 1. The third kappa shape index (κ3) is 4.37. The molecule has 0 unspecified atom stereocenters. The Kier molecular flexibility index (Phi) is 5.53. The summed E-state index contributed by atoms with van der Waals surface area (Å²) in [5.41, 5.74) is 1.37. The van der Waals surface area contributed by atoms with Crippen molar-refractivity contribution in [2.24, 2.45) is 0 Å². The van der Waals surface area contributed by atoms with Crippen molar-refractivity contribution in [1.29, 1.82) is 0 Å². The molecule has 2 aromatic rings. The number of amides is 1. The maximum Gasteiger partial charge on any atom is 0.254 e. The van der Waals surface area contributed by atoms with Crippen LogP contribution in [0.25, 0.3) is 0 Å². The Labute approximate surface area is 158 Å². The normalized spacial score (nSPS) is 18.5. The van der Waals surface area contributed by atoms with E-state index in [1.54, 1.807) is 36.3 Å². The summed E-state index contributed by atoms with van der Waals surface area (Å²) < 4.78 is 29.1. The molecule has 7 heteroatoms. The van der Waals surface area contributed by atoms with Crippen molar-refractivity contribution in [3.63, 3.8) is 0 Å². The zero-order valence-electron chi connectivity index (χ0n) is 14.4. The van der Waals surface area contributed by atoms with Gasteiger partial charge in [-0.1, -0.05) is 23.7 Å². The predicted molar refractivity (Wildman–Crippen MR) is 101 cm³/mol. The molecule has 1 aliphatic rings. The summed E-state index contributed by atoms with van der Waals surface area (Å²) in [5.74, 6) is 0.600. The first-order valence-corrected chi connectivity index (χ1v) is 10.5. The highest BCUT2D eigenvalue weighted by Gasteiger charge is 2.35. The Hall–Kier alpha value is -2.05. The summed E-state index contributed by atoms with van der Waals surface area (Å²) >= 11 is 5.91. The minimum atomic E-state index is -3.11. The molecule has 0 saturated carbocycles. The van der Waals surface area contributed by atoms with Crippen molar-refractivity contribution in [3.05, 3.63) is 64.7 Å². The van der Waals surface area contributed by atoms with Crippen molar-refractivity contribution >= 4 is 27.3 Å². The number of rotatable bonds is 5. The standard InChI is InChI=1S/C19H20ClNO4S/c1-25-18-4-2-3-14(11-18)12-21(17-9-10-26(23,24)13-17)19(22)15-5-7-16(20)8-6-15/h2-8,11,17H,9-10,12-13H2,1H3/t17-/m1/s1. The molecular formula is C19H20ClNO4S. The largest absolute Gasteiger partial charge is 0.497 e. The van der Waals surface area contributed by atoms with E-state index >= 15 is 0 Å². The zero-order chi connectivity index (χ0) is 18.7. The first-order chi connectivity index (χ1) is 12.4. The number of nitrogens with zero attached hydrogens (tertiary/aromatic N) is 1. The van der Waals surface area contributed by atoms with E-state index in [9.17, 15) is 13.2 Å². The van der Waals surface area contributed by atoms with Crippen LogP contribution in [0, 0.1) is 0 Å². The van der Waals surface area contributed by atoms with Gasteiger partial charge in [-0.15, -0.1) is 0 Å². The molecule has 1 amide bonds. The molecule has 0 radical (unpaired) electrons. The summed E-state index contributed by atoms with van der Waals surface area (Å²) in [6, 6.07) is 13.7. The highest BCUT2D eigenvalue weighted by molar-refractivity contribution is 7.91. The Morgan fingerprint density at radius 3 is 2.58 bits per heavy atom. The zero-order valence-corrected chi connectivity index (χ0v) is 16.0. The average Bonchev–Trinajstić information content (AvgIpc) is 2.99. The molecule has 3 rings (SSSR count). The van der Waals surface area contributed by atoms with Crippen molar-refractivity contribution in [2.45, 2.75) is 19.0 Å². The van der Waals surface area contributed by atoms with E-state index in [2.05, 4.69) is 0 Å². The molecule has 0 aliphatic carbocycles. The number of carbonyl (C=O) groups excluding carboxylic acids is 1. The number of benzene rings is 2. The van der Waals surface area contributed by atoms with Gasteiger partial charge in [0.25, 0.3) is 5.91 Å². The fourth-order valence-corrected chi connectivity index (χ4v) is 4.97. The fraction of sp³-hybridized carbons (Fsp3) is 0.316. The van der Waals surface area contributed by atoms with Gasteiger partial charge >= 0.3 is 0 Å². The molecular weight excluding hydrogens is 374 g/mol. The molecule has 0 N–H and O–H groups in total. The van der Waals surface area contributed by atoms with Gasteiger partial charge in [-0.05, 0) is 48.4 Å². The van der Waals surface area contributed by atoms with E-state index in [0.29, 0.717) is 29.3 Å². The van der Waals surface area contributed by atoms with Crippen molar-refractivity contribution in [1.82, 2.24) is 4.90 Å². The summed E-state index contributed by atoms with van der Waals surface area (Å²) in [5, 5.41) is 0.546. The Balaban J connectivity index is 1.90. The monoisotopic (exact) mass is 393 g/mol. The minimum absolute atomic E-state index is 0.00367. The first-order valence-electron chi connectivity index (χ1n) is 8.28. The third-order valence-corrected chi connectivity index (χ3v) is 6.49. The van der Waals surface area contributed by atoms with E-state index in [1.165, 1.54) is 0 Å². The Morgan fingerprint density at radius 2 is 1.96 bits per heavy atom. The third-order valence-electron chi connectivity index (χ3n) is 4.49. The second-order valence-corrected chi connectivity index (χ2v) is 9.01. The molecule has 1 aliphatic heterocycles. The lowest BCUT2D eigenvalue weighted by molar-refractivity contribution is 0.0681. The molecule has 0 spiro atoms. The number of sulfone groups is 1. The summed E-state index contributed by atoms with van der Waals surface area (Å²) in [4.78, 5) is 14.7. The van der Waals surface area contributed by atoms with Gasteiger partial charge in [0, 0.05) is 23.2 Å². The van der Waals surface area contributed by atoms with Crippen molar-refractivity contribution < 1.29 is 17.9 Å². The number of ether oxygens (including phenoxy) is 1. The maximum atomic E-state index is 13.1. The van der Waals surface area contributed by atoms with Crippen molar-refractivity contribution in [3.8, 4) is 5.75 Å². The average molecular weight is 394 g/mol. The molecule has 2 aromatic carbocycles. The molecule has 0 bridgehead atoms. The first kappa shape index (κ1) is 18.7. The van der Waals surface area contributed by atoms with Gasteiger partial charge in [-0.3, -0.25) is 4.79 Å². The Bertz CT molecular complexity index is 896. The second kappa shape index (κ2) is 7.68. The summed E-state index contributed by atoms with van der Waals surface area (Å²) in [6.07, 6.45) is 0.450. The minimum Gasteiger partial charge on any atom is -0.497 e. The van der Waals surface area contributed by atoms with Crippen LogP contribution in [0.5, 0.6) is 5.75 Å². The molecule has 5 nitrogen and oxygen atoms in total. The summed E-state index contributed by atoms with van der Waals surface area (Å²) in [7, 11) is -1.53. The van der Waals surface area contributed by atoms with Gasteiger partial charge in [0.15, 0.2) is 9.84 Å². The lowest BCUT2D eigenvalue weighted by Gasteiger charge is -2.28. The fourth-order valence-electron chi connectivity index (χ4n) is 3.11. The number of carbonyl (C=O) groups is 1. The van der Waals surface area contributed by atoms with E-state index in [1.807, 2.05) is 24.3 Å². The van der Waals surface area contributed by atoms with Crippen LogP contribution in [0.4, 0.5) is 0 Å². The SMILES string of the molecule is COc1cccc(CN(C(=O)c2ccc(Cl)cc2)[C@@H]2CCS(=O)(=O)C2)c1. The molecule has 26 heavy (non-hydrogen) atoms. The quantitative estimate of drug-likeness (QED) is 0.782. The van der Waals surface area contributed by atoms with Gasteiger partial charge in [0.2, 0.25) is 0 Å². The topological polar surface area (TPSA) is 63.7 Å². The van der Waals surface area contributed by atoms with Crippen LogP contribution in [-0.4, -0.2) is 43.9 Å². The van der Waals surface area contributed by atoms with Crippen LogP contribution in [0.3, 0.4) is 0 Å². The van der Waals surface area contributed by atoms with Gasteiger partial charge < -0.3 is 9.64 Å². The number of halogens is 1. The van der Waals surface area contributed by atoms with E-state index in [-0.39, 0.29) is 23.5 Å². The van der Waals surface area contributed by atoms with Gasteiger partial charge in [-0.25, -0.2) is 8.42 Å². The van der Waals surface area contributed by atoms with Crippen molar-refractivity contribution in [2.75, 3.05) is 18.6 Å². The maximum absolute atomic E-state index is 13.1. The molecule has 1 heterocycles. The van der Waals surface area contributed by atoms with Crippen LogP contribution >= 0.6 is 11.6 Å². The predicted octanol–water partition coefficient (Wildman–Crippen LogP) is 3.18. The van der Waals surface area contributed by atoms with Crippen LogP contribution in [0.15, 0.2) is 48.5 Å². The lowest BCUT2D eigenvalue weighted by Crippen LogP contribution is -2.40. The molecule has 1 fully saturated rings. The highest BCUT2D eigenvalue weighted by Crippen LogP contribution is 2.24. The van der Waals surface area contributed by atoms with Gasteiger partial charge in [-0.2, -0.15) is 0 Å². The van der Waals surface area contributed by atoms with Crippen LogP contribution in [-0.2, 0) is 16.4 Å². The lowest BCUT2D eigenvalue weighted by atomic mass is 10.1. The number of hydrogen-bond acceptors (Lipinski definition) is 4. The van der Waals surface area contributed by atoms with E-state index in [0.717, 1.165) is 5.56 Å². The van der Waals surface area contributed by atoms with E-state index < -0.39 is 9.84 Å². The van der Waals surface area contributed by atoms with Gasteiger partial charge in [0.05, 0.1) is 18.6 Å². The summed E-state index contributed by atoms with van der Waals surface area (Å²) in [6.45, 7) is 0.318. The van der Waals surface area contributed by atoms with Crippen LogP contribution in [0.2, 0.25) is 5.02 Å². The van der Waals surface area contributed by atoms with E-state index in [4.69, 9.17) is 16.3 Å². The van der Waals surface area contributed by atoms with Gasteiger partial charge in [0.1, 0.15) is 5.75 Å². The molecule has 1 atom stereocenters. The molecule has 0 aromatic heterocycles. The second-order valence-electron chi connectivity index (χ2n) is 6.35. The Morgan fingerprint density at radius 1 is 1.23 bits per heavy atom. The van der Waals surface area contributed by atoms with Crippen LogP contribution in [0.1, 0.15) is 22.3 Å². The van der Waals surface area contributed by atoms with Crippen LogP contribution < -0.4 is 4.74 Å². The number of hydrogen-bond donors (Lipinski definition) is 0. The highest BCUT2D eigenvalue weighted by atomic mass is 35.5. The smallest absolute Gasteiger partial charge is 0.254 e. The molecule has 1 saturated heterocycles. The molecule has 138 valence electrons.